The zero-order valence-corrected chi connectivity index (χ0v) is 8.43. The molecule has 80 valence electrons. The summed E-state index contributed by atoms with van der Waals surface area (Å²) >= 11 is 0. The number of carbonyl (C=O) groups excluding carboxylic acids is 1. The third kappa shape index (κ3) is 1.33. The van der Waals surface area contributed by atoms with Crippen LogP contribution >= 0.6 is 0 Å². The van der Waals surface area contributed by atoms with Gasteiger partial charge in [0.1, 0.15) is 6.10 Å². The lowest BCUT2D eigenvalue weighted by Gasteiger charge is -2.39. The molecule has 5 atom stereocenters. The minimum absolute atomic E-state index is 0.0673. The summed E-state index contributed by atoms with van der Waals surface area (Å²) < 4.78 is 5.15. The summed E-state index contributed by atoms with van der Waals surface area (Å²) in [6, 6.07) is 0. The highest BCUT2D eigenvalue weighted by Gasteiger charge is 2.51. The summed E-state index contributed by atoms with van der Waals surface area (Å²) in [7, 11) is 0. The Balaban J connectivity index is 2.17. The Labute approximate surface area is 82.9 Å². The van der Waals surface area contributed by atoms with Crippen molar-refractivity contribution in [2.24, 2.45) is 11.8 Å². The Morgan fingerprint density at radius 3 is 2.86 bits per heavy atom. The molecule has 0 aromatic heterocycles. The van der Waals surface area contributed by atoms with Gasteiger partial charge in [-0.2, -0.15) is 0 Å². The van der Waals surface area contributed by atoms with E-state index in [0.717, 1.165) is 0 Å². The van der Waals surface area contributed by atoms with Gasteiger partial charge in [-0.3, -0.25) is 4.79 Å². The van der Waals surface area contributed by atoms with E-state index in [4.69, 9.17) is 4.74 Å². The summed E-state index contributed by atoms with van der Waals surface area (Å²) in [4.78, 5) is 11.3. The van der Waals surface area contributed by atoms with Crippen LogP contribution in [0.25, 0.3) is 0 Å². The van der Waals surface area contributed by atoms with E-state index >= 15 is 0 Å². The summed E-state index contributed by atoms with van der Waals surface area (Å²) in [5.74, 6) is -0.284. The Hall–Kier alpha value is -0.610. The Morgan fingerprint density at radius 2 is 2.21 bits per heavy atom. The van der Waals surface area contributed by atoms with Crippen molar-refractivity contribution in [3.63, 3.8) is 0 Å². The van der Waals surface area contributed by atoms with E-state index in [1.54, 1.807) is 6.92 Å². The lowest BCUT2D eigenvalue weighted by atomic mass is 9.73. The molecule has 0 aromatic carbocycles. The second-order valence-electron chi connectivity index (χ2n) is 4.74. The first-order chi connectivity index (χ1) is 6.42. The highest BCUT2D eigenvalue weighted by Crippen LogP contribution is 2.42. The van der Waals surface area contributed by atoms with Crippen LogP contribution in [-0.4, -0.2) is 34.0 Å². The van der Waals surface area contributed by atoms with Gasteiger partial charge in [-0.15, -0.1) is 0 Å². The number of rotatable bonds is 0. The number of fused-ring (bicyclic) bond motifs is 1. The van der Waals surface area contributed by atoms with Crippen LogP contribution < -0.4 is 0 Å². The average molecular weight is 200 g/mol. The molecular weight excluding hydrogens is 184 g/mol. The van der Waals surface area contributed by atoms with E-state index in [9.17, 15) is 15.0 Å². The molecule has 1 heterocycles. The fourth-order valence-corrected chi connectivity index (χ4v) is 2.44. The van der Waals surface area contributed by atoms with Crippen LogP contribution in [0.5, 0.6) is 0 Å². The van der Waals surface area contributed by atoms with Gasteiger partial charge in [0, 0.05) is 12.3 Å². The first-order valence-corrected chi connectivity index (χ1v) is 5.03. The number of ether oxygens (including phenoxy) is 1. The summed E-state index contributed by atoms with van der Waals surface area (Å²) in [6.45, 7) is 3.41. The molecule has 4 nitrogen and oxygen atoms in total. The third-order valence-electron chi connectivity index (χ3n) is 3.59. The third-order valence-corrected chi connectivity index (χ3v) is 3.59. The highest BCUT2D eigenvalue weighted by molar-refractivity contribution is 5.74. The molecule has 2 fully saturated rings. The van der Waals surface area contributed by atoms with Crippen molar-refractivity contribution in [3.8, 4) is 0 Å². The molecular formula is C10H16O4. The average Bonchev–Trinajstić information content (AvgIpc) is 2.31. The van der Waals surface area contributed by atoms with Crippen LogP contribution in [0.3, 0.4) is 0 Å². The number of aliphatic hydroxyl groups excluding tert-OH is 1. The van der Waals surface area contributed by atoms with E-state index in [1.807, 2.05) is 6.92 Å². The zero-order chi connectivity index (χ0) is 10.5. The van der Waals surface area contributed by atoms with E-state index in [0.29, 0.717) is 12.8 Å². The fraction of sp³-hybridized carbons (Fsp3) is 0.900. The monoisotopic (exact) mass is 200 g/mol. The Bertz CT molecular complexity index is 261. The van der Waals surface area contributed by atoms with Crippen molar-refractivity contribution in [1.29, 1.82) is 0 Å². The van der Waals surface area contributed by atoms with Crippen molar-refractivity contribution in [1.82, 2.24) is 0 Å². The standard InChI is InChI=1S/C10H16O4/c1-5-6-3-8(11)10(2,13)4-7(6)14-9(5)12/h5-8,11,13H,3-4H2,1-2H3/t5-,6-,7-,8+,10+/m1/s1. The maximum atomic E-state index is 11.3. The van der Waals surface area contributed by atoms with Gasteiger partial charge in [0.05, 0.1) is 17.6 Å². The molecule has 0 spiro atoms. The summed E-state index contributed by atoms with van der Waals surface area (Å²) in [5, 5.41) is 19.5. The molecule has 0 radical (unpaired) electrons. The maximum absolute atomic E-state index is 11.3. The Morgan fingerprint density at radius 1 is 1.57 bits per heavy atom. The molecule has 1 aliphatic heterocycles. The molecule has 1 aliphatic carbocycles. The minimum Gasteiger partial charge on any atom is -0.462 e. The van der Waals surface area contributed by atoms with Crippen molar-refractivity contribution in [2.45, 2.75) is 44.5 Å². The fourth-order valence-electron chi connectivity index (χ4n) is 2.44. The Kier molecular flexibility index (Phi) is 2.08. The van der Waals surface area contributed by atoms with Gasteiger partial charge in [-0.25, -0.2) is 0 Å². The van der Waals surface area contributed by atoms with Crippen LogP contribution in [0.1, 0.15) is 26.7 Å². The van der Waals surface area contributed by atoms with Crippen LogP contribution in [0.2, 0.25) is 0 Å². The van der Waals surface area contributed by atoms with Crippen LogP contribution in [0, 0.1) is 11.8 Å². The summed E-state index contributed by atoms with van der Waals surface area (Å²) in [5.41, 5.74) is -1.12. The molecule has 0 aromatic rings. The lowest BCUT2D eigenvalue weighted by molar-refractivity contribution is -0.152. The topological polar surface area (TPSA) is 66.8 Å². The van der Waals surface area contributed by atoms with E-state index in [1.165, 1.54) is 0 Å². The smallest absolute Gasteiger partial charge is 0.309 e. The molecule has 2 rings (SSSR count). The predicted molar refractivity (Wildman–Crippen MR) is 48.4 cm³/mol. The number of aliphatic hydroxyl groups is 2. The molecule has 0 bridgehead atoms. The molecule has 14 heavy (non-hydrogen) atoms. The van der Waals surface area contributed by atoms with E-state index in [-0.39, 0.29) is 23.9 Å². The second kappa shape index (κ2) is 2.94. The maximum Gasteiger partial charge on any atom is 0.309 e. The minimum atomic E-state index is -1.12. The molecule has 2 aliphatic rings. The van der Waals surface area contributed by atoms with Crippen molar-refractivity contribution >= 4 is 5.97 Å². The molecule has 2 N–H and O–H groups in total. The van der Waals surface area contributed by atoms with Gasteiger partial charge in [-0.1, -0.05) is 6.92 Å². The van der Waals surface area contributed by atoms with Crippen LogP contribution in [0.4, 0.5) is 0 Å². The van der Waals surface area contributed by atoms with Crippen molar-refractivity contribution in [2.75, 3.05) is 0 Å². The predicted octanol–water partition coefficient (Wildman–Crippen LogP) is 0.0698. The number of carbonyl (C=O) groups is 1. The highest BCUT2D eigenvalue weighted by atomic mass is 16.6. The SMILES string of the molecule is C[C@H]1C(=O)O[C@@H]2C[C@](C)(O)[C@@H](O)C[C@@H]21. The quantitative estimate of drug-likeness (QED) is 0.543. The van der Waals surface area contributed by atoms with Gasteiger partial charge in [-0.05, 0) is 13.3 Å². The molecule has 1 saturated heterocycles. The number of esters is 1. The summed E-state index contributed by atoms with van der Waals surface area (Å²) in [6.07, 6.45) is -0.170. The van der Waals surface area contributed by atoms with Crippen molar-refractivity contribution in [3.05, 3.63) is 0 Å². The van der Waals surface area contributed by atoms with Crippen molar-refractivity contribution < 1.29 is 19.7 Å². The first kappa shape index (κ1) is 9.93. The molecule has 0 amide bonds. The zero-order valence-electron chi connectivity index (χ0n) is 8.43. The van der Waals surface area contributed by atoms with E-state index in [2.05, 4.69) is 0 Å². The molecule has 0 unspecified atom stereocenters. The molecule has 4 heteroatoms. The molecule has 1 saturated carbocycles. The van der Waals surface area contributed by atoms with Gasteiger partial charge < -0.3 is 14.9 Å². The van der Waals surface area contributed by atoms with Gasteiger partial charge >= 0.3 is 5.97 Å². The van der Waals surface area contributed by atoms with E-state index < -0.39 is 11.7 Å². The number of hydrogen-bond acceptors (Lipinski definition) is 4. The van der Waals surface area contributed by atoms with Gasteiger partial charge in [0.15, 0.2) is 0 Å². The van der Waals surface area contributed by atoms with Crippen LogP contribution in [-0.2, 0) is 9.53 Å². The number of hydrogen-bond donors (Lipinski definition) is 2. The second-order valence-corrected chi connectivity index (χ2v) is 4.74. The largest absolute Gasteiger partial charge is 0.462 e. The lowest BCUT2D eigenvalue weighted by Crippen LogP contribution is -2.49. The first-order valence-electron chi connectivity index (χ1n) is 5.03. The van der Waals surface area contributed by atoms with Gasteiger partial charge in [0.2, 0.25) is 0 Å². The van der Waals surface area contributed by atoms with Gasteiger partial charge in [0.25, 0.3) is 0 Å². The van der Waals surface area contributed by atoms with Crippen LogP contribution in [0.15, 0.2) is 0 Å². The normalized spacial score (nSPS) is 52.7.